The molecule has 4 rings (SSSR count). The predicted molar refractivity (Wildman–Crippen MR) is 113 cm³/mol. The second-order valence-corrected chi connectivity index (χ2v) is 8.14. The number of aryl methyl sites for hydroxylation is 1. The standard InChI is InChI=1S/C24H30N2O3/c1-16-6-8-17(9-7-16)23(18-10-11-18)25-24(27)26-14-4-5-20(26)19-12-13-21(28-2)22(15-19)29-3/h6-9,12-13,15,18,20,23H,4-5,10-11,14H2,1-3H3,(H,25,27). The highest BCUT2D eigenvalue weighted by Gasteiger charge is 2.37. The van der Waals surface area contributed by atoms with Gasteiger partial charge in [0.25, 0.3) is 0 Å². The number of hydrogen-bond acceptors (Lipinski definition) is 3. The van der Waals surface area contributed by atoms with Crippen LogP contribution in [0.3, 0.4) is 0 Å². The molecule has 0 bridgehead atoms. The highest BCUT2D eigenvalue weighted by Crippen LogP contribution is 2.42. The molecule has 0 spiro atoms. The van der Waals surface area contributed by atoms with Gasteiger partial charge in [-0.15, -0.1) is 0 Å². The van der Waals surface area contributed by atoms with Gasteiger partial charge in [0.15, 0.2) is 11.5 Å². The Morgan fingerprint density at radius 1 is 1.03 bits per heavy atom. The fourth-order valence-electron chi connectivity index (χ4n) is 4.31. The second-order valence-electron chi connectivity index (χ2n) is 8.14. The Balaban J connectivity index is 1.52. The van der Waals surface area contributed by atoms with E-state index in [0.717, 1.165) is 24.9 Å². The second kappa shape index (κ2) is 8.36. The van der Waals surface area contributed by atoms with Gasteiger partial charge in [0.1, 0.15) is 0 Å². The van der Waals surface area contributed by atoms with Crippen LogP contribution in [-0.2, 0) is 0 Å². The van der Waals surface area contributed by atoms with Crippen LogP contribution >= 0.6 is 0 Å². The minimum atomic E-state index is 0.0276. The molecule has 2 amide bonds. The van der Waals surface area contributed by atoms with Crippen molar-refractivity contribution in [3.8, 4) is 11.5 Å². The molecule has 0 aromatic heterocycles. The zero-order valence-corrected chi connectivity index (χ0v) is 17.5. The molecule has 29 heavy (non-hydrogen) atoms. The Labute approximate surface area is 173 Å². The molecule has 1 N–H and O–H groups in total. The van der Waals surface area contributed by atoms with Crippen molar-refractivity contribution in [3.63, 3.8) is 0 Å². The lowest BCUT2D eigenvalue weighted by molar-refractivity contribution is 0.187. The van der Waals surface area contributed by atoms with E-state index in [2.05, 4.69) is 36.5 Å². The predicted octanol–water partition coefficient (Wildman–Crippen LogP) is 5.01. The number of carbonyl (C=O) groups is 1. The van der Waals surface area contributed by atoms with E-state index in [1.807, 2.05) is 23.1 Å². The van der Waals surface area contributed by atoms with Gasteiger partial charge >= 0.3 is 6.03 Å². The molecule has 1 aliphatic carbocycles. The van der Waals surface area contributed by atoms with E-state index in [-0.39, 0.29) is 18.1 Å². The highest BCUT2D eigenvalue weighted by atomic mass is 16.5. The summed E-state index contributed by atoms with van der Waals surface area (Å²) in [6.45, 7) is 2.86. The largest absolute Gasteiger partial charge is 0.493 e. The Morgan fingerprint density at radius 2 is 1.76 bits per heavy atom. The number of ether oxygens (including phenoxy) is 2. The first kappa shape index (κ1) is 19.6. The number of nitrogens with one attached hydrogen (secondary N) is 1. The van der Waals surface area contributed by atoms with Crippen LogP contribution in [0.1, 0.15) is 54.5 Å². The van der Waals surface area contributed by atoms with E-state index >= 15 is 0 Å². The number of hydrogen-bond donors (Lipinski definition) is 1. The molecule has 0 radical (unpaired) electrons. The van der Waals surface area contributed by atoms with Gasteiger partial charge in [-0.05, 0) is 61.8 Å². The number of benzene rings is 2. The maximum Gasteiger partial charge on any atom is 0.318 e. The van der Waals surface area contributed by atoms with Gasteiger partial charge in [0.05, 0.1) is 26.3 Å². The summed E-state index contributed by atoms with van der Waals surface area (Å²) in [6, 6.07) is 14.7. The van der Waals surface area contributed by atoms with Crippen molar-refractivity contribution in [2.24, 2.45) is 5.92 Å². The van der Waals surface area contributed by atoms with Gasteiger partial charge in [-0.1, -0.05) is 35.9 Å². The molecule has 5 nitrogen and oxygen atoms in total. The van der Waals surface area contributed by atoms with Crippen molar-refractivity contribution < 1.29 is 14.3 Å². The zero-order chi connectivity index (χ0) is 20.4. The van der Waals surface area contributed by atoms with Crippen LogP contribution in [0.4, 0.5) is 4.79 Å². The van der Waals surface area contributed by atoms with Gasteiger partial charge in [-0.2, -0.15) is 0 Å². The summed E-state index contributed by atoms with van der Waals surface area (Å²) in [6.07, 6.45) is 4.32. The van der Waals surface area contributed by atoms with Gasteiger partial charge < -0.3 is 19.7 Å². The van der Waals surface area contributed by atoms with Crippen LogP contribution in [0, 0.1) is 12.8 Å². The van der Waals surface area contributed by atoms with Crippen LogP contribution in [0.2, 0.25) is 0 Å². The first-order valence-corrected chi connectivity index (χ1v) is 10.5. The van der Waals surface area contributed by atoms with Crippen molar-refractivity contribution in [1.29, 1.82) is 0 Å². The summed E-state index contributed by atoms with van der Waals surface area (Å²) in [7, 11) is 3.28. The number of rotatable bonds is 6. The minimum Gasteiger partial charge on any atom is -0.493 e. The molecular weight excluding hydrogens is 364 g/mol. The number of nitrogens with zero attached hydrogens (tertiary/aromatic N) is 1. The number of methoxy groups -OCH3 is 2. The Kier molecular flexibility index (Phi) is 5.65. The molecule has 2 fully saturated rings. The molecule has 2 aromatic rings. The van der Waals surface area contributed by atoms with E-state index in [1.165, 1.54) is 24.0 Å². The molecule has 1 saturated heterocycles. The van der Waals surface area contributed by atoms with Crippen molar-refractivity contribution >= 4 is 6.03 Å². The minimum absolute atomic E-state index is 0.0276. The maximum absolute atomic E-state index is 13.2. The normalized spacial score (nSPS) is 19.7. The first-order chi connectivity index (χ1) is 14.1. The van der Waals surface area contributed by atoms with Crippen LogP contribution in [0.15, 0.2) is 42.5 Å². The molecule has 1 aliphatic heterocycles. The molecular formula is C24H30N2O3. The molecule has 1 heterocycles. The third-order valence-electron chi connectivity index (χ3n) is 6.11. The molecule has 2 atom stereocenters. The summed E-state index contributed by atoms with van der Waals surface area (Å²) in [4.78, 5) is 15.2. The first-order valence-electron chi connectivity index (χ1n) is 10.5. The van der Waals surface area contributed by atoms with Gasteiger partial charge in [-0.3, -0.25) is 0 Å². The average molecular weight is 395 g/mol. The third-order valence-corrected chi connectivity index (χ3v) is 6.11. The molecule has 2 aliphatic rings. The summed E-state index contributed by atoms with van der Waals surface area (Å²) >= 11 is 0. The van der Waals surface area contributed by atoms with Gasteiger partial charge in [-0.25, -0.2) is 4.79 Å². The van der Waals surface area contributed by atoms with Gasteiger partial charge in [0, 0.05) is 6.54 Å². The molecule has 2 aromatic carbocycles. The summed E-state index contributed by atoms with van der Waals surface area (Å²) < 4.78 is 10.8. The zero-order valence-electron chi connectivity index (χ0n) is 17.5. The van der Waals surface area contributed by atoms with Crippen LogP contribution in [0.25, 0.3) is 0 Å². The van der Waals surface area contributed by atoms with E-state index in [9.17, 15) is 4.79 Å². The Bertz CT molecular complexity index is 861. The topological polar surface area (TPSA) is 50.8 Å². The Hall–Kier alpha value is -2.69. The number of amides is 2. The third kappa shape index (κ3) is 4.19. The molecule has 5 heteroatoms. The number of urea groups is 1. The van der Waals surface area contributed by atoms with E-state index in [1.54, 1.807) is 14.2 Å². The van der Waals surface area contributed by atoms with Crippen molar-refractivity contribution in [3.05, 3.63) is 59.2 Å². The van der Waals surface area contributed by atoms with E-state index in [4.69, 9.17) is 9.47 Å². The van der Waals surface area contributed by atoms with E-state index in [0.29, 0.717) is 17.4 Å². The molecule has 1 saturated carbocycles. The number of likely N-dealkylation sites (tertiary alicyclic amines) is 1. The van der Waals surface area contributed by atoms with Gasteiger partial charge in [0.2, 0.25) is 0 Å². The average Bonchev–Trinajstić information content (AvgIpc) is 3.47. The molecule has 154 valence electrons. The smallest absolute Gasteiger partial charge is 0.318 e. The maximum atomic E-state index is 13.2. The lowest BCUT2D eigenvalue weighted by atomic mass is 10.0. The lowest BCUT2D eigenvalue weighted by Gasteiger charge is -2.29. The van der Waals surface area contributed by atoms with Crippen LogP contribution < -0.4 is 14.8 Å². The quantitative estimate of drug-likeness (QED) is 0.749. The Morgan fingerprint density at radius 3 is 2.41 bits per heavy atom. The van der Waals surface area contributed by atoms with Crippen LogP contribution in [0.5, 0.6) is 11.5 Å². The van der Waals surface area contributed by atoms with E-state index < -0.39 is 0 Å². The summed E-state index contributed by atoms with van der Waals surface area (Å²) in [5.41, 5.74) is 3.53. The SMILES string of the molecule is COc1ccc(C2CCCN2C(=O)NC(c2ccc(C)cc2)C2CC2)cc1OC. The van der Waals surface area contributed by atoms with Crippen molar-refractivity contribution in [2.45, 2.75) is 44.7 Å². The monoisotopic (exact) mass is 394 g/mol. The fourth-order valence-corrected chi connectivity index (χ4v) is 4.31. The summed E-state index contributed by atoms with van der Waals surface area (Å²) in [5, 5.41) is 3.34. The van der Waals surface area contributed by atoms with Crippen molar-refractivity contribution in [2.75, 3.05) is 20.8 Å². The summed E-state index contributed by atoms with van der Waals surface area (Å²) in [5.74, 6) is 1.95. The lowest BCUT2D eigenvalue weighted by Crippen LogP contribution is -2.41. The number of carbonyl (C=O) groups excluding carboxylic acids is 1. The molecule has 2 unspecified atom stereocenters. The highest BCUT2D eigenvalue weighted by molar-refractivity contribution is 5.76. The fraction of sp³-hybridized carbons (Fsp3) is 0.458. The van der Waals surface area contributed by atoms with Crippen molar-refractivity contribution in [1.82, 2.24) is 10.2 Å². The van der Waals surface area contributed by atoms with Crippen LogP contribution in [-0.4, -0.2) is 31.7 Å².